The largest absolute Gasteiger partial charge is 0.266 e. The van der Waals surface area contributed by atoms with E-state index in [0.717, 1.165) is 0 Å². The van der Waals surface area contributed by atoms with Gasteiger partial charge in [-0.05, 0) is 15.9 Å². The summed E-state index contributed by atoms with van der Waals surface area (Å²) in [4.78, 5) is 2.65. The van der Waals surface area contributed by atoms with Crippen LogP contribution in [-0.4, -0.2) is 13.4 Å². The molecule has 0 saturated heterocycles. The highest BCUT2D eigenvalue weighted by molar-refractivity contribution is 9.10. The van der Waals surface area contributed by atoms with Gasteiger partial charge in [0, 0.05) is 6.20 Å². The highest BCUT2D eigenvalue weighted by atomic mass is 79.9. The second-order valence-corrected chi connectivity index (χ2v) is 5.12. The Morgan fingerprint density at radius 1 is 1.53 bits per heavy atom. The van der Waals surface area contributed by atoms with Crippen molar-refractivity contribution in [3.63, 3.8) is 0 Å². The van der Waals surface area contributed by atoms with Crippen LogP contribution in [0.1, 0.15) is 12.0 Å². The second-order valence-electron chi connectivity index (χ2n) is 2.49. The fourth-order valence-corrected chi connectivity index (χ4v) is 2.64. The molecule has 0 radical (unpaired) electrons. The molecule has 0 spiro atoms. The second kappa shape index (κ2) is 4.28. The molecule has 0 aliphatic rings. The molecule has 4 nitrogen and oxygen atoms in total. The lowest BCUT2D eigenvalue weighted by Gasteiger charge is -2.08. The number of sulfonamides is 1. The van der Waals surface area contributed by atoms with Crippen molar-refractivity contribution in [2.45, 2.75) is 11.3 Å². The maximum absolute atomic E-state index is 12.4. The summed E-state index contributed by atoms with van der Waals surface area (Å²) >= 11 is 8.34. The number of nitrogens with zero attached hydrogens (tertiary/aromatic N) is 1. The van der Waals surface area contributed by atoms with E-state index in [1.165, 1.54) is 0 Å². The predicted molar refractivity (Wildman–Crippen MR) is 53.3 cm³/mol. The highest BCUT2D eigenvalue weighted by Crippen LogP contribution is 2.34. The number of alkyl halides is 2. The van der Waals surface area contributed by atoms with E-state index in [2.05, 4.69) is 20.9 Å². The highest BCUT2D eigenvalue weighted by Gasteiger charge is 2.26. The first-order chi connectivity index (χ1) is 6.75. The quantitative estimate of drug-likeness (QED) is 0.848. The Labute approximate surface area is 97.6 Å². The molecular formula is C6H4BrClF2N2O2S. The van der Waals surface area contributed by atoms with Crippen molar-refractivity contribution in [1.82, 2.24) is 4.98 Å². The SMILES string of the molecule is NS(=O)(=O)c1c(C(F)F)cnc(Br)c1Cl. The lowest BCUT2D eigenvalue weighted by atomic mass is 10.3. The monoisotopic (exact) mass is 320 g/mol. The summed E-state index contributed by atoms with van der Waals surface area (Å²) in [5.41, 5.74) is -0.814. The van der Waals surface area contributed by atoms with E-state index in [9.17, 15) is 17.2 Å². The van der Waals surface area contributed by atoms with Gasteiger partial charge in [0.05, 0.1) is 10.6 Å². The lowest BCUT2D eigenvalue weighted by molar-refractivity contribution is 0.147. The minimum absolute atomic E-state index is 0.0578. The van der Waals surface area contributed by atoms with E-state index in [-0.39, 0.29) is 4.60 Å². The summed E-state index contributed by atoms with van der Waals surface area (Å²) in [5.74, 6) is 0. The van der Waals surface area contributed by atoms with E-state index in [1.54, 1.807) is 0 Å². The van der Waals surface area contributed by atoms with Gasteiger partial charge in [-0.3, -0.25) is 0 Å². The third-order valence-electron chi connectivity index (χ3n) is 1.48. The Hall–Kier alpha value is -0.310. The topological polar surface area (TPSA) is 73.1 Å². The molecule has 0 aliphatic carbocycles. The van der Waals surface area contributed by atoms with E-state index >= 15 is 0 Å². The van der Waals surface area contributed by atoms with Crippen molar-refractivity contribution in [1.29, 1.82) is 0 Å². The molecule has 0 aliphatic heterocycles. The van der Waals surface area contributed by atoms with Gasteiger partial charge >= 0.3 is 0 Å². The average Bonchev–Trinajstić information content (AvgIpc) is 2.06. The van der Waals surface area contributed by atoms with Crippen LogP contribution < -0.4 is 5.14 Å². The molecule has 84 valence electrons. The van der Waals surface area contributed by atoms with Crippen LogP contribution in [0.5, 0.6) is 0 Å². The number of pyridine rings is 1. The van der Waals surface area contributed by atoms with Crippen LogP contribution >= 0.6 is 27.5 Å². The fourth-order valence-electron chi connectivity index (χ4n) is 0.907. The molecule has 0 aromatic carbocycles. The molecule has 0 fully saturated rings. The maximum Gasteiger partial charge on any atom is 0.266 e. The Balaban J connectivity index is 3.65. The Kier molecular flexibility index (Phi) is 3.64. The van der Waals surface area contributed by atoms with Gasteiger partial charge in [-0.25, -0.2) is 27.3 Å². The first-order valence-corrected chi connectivity index (χ1v) is 6.11. The van der Waals surface area contributed by atoms with Gasteiger partial charge < -0.3 is 0 Å². The van der Waals surface area contributed by atoms with Crippen molar-refractivity contribution >= 4 is 37.6 Å². The number of aromatic nitrogens is 1. The van der Waals surface area contributed by atoms with Crippen LogP contribution in [0.4, 0.5) is 8.78 Å². The van der Waals surface area contributed by atoms with Crippen LogP contribution in [0.25, 0.3) is 0 Å². The summed E-state index contributed by atoms with van der Waals surface area (Å²) in [6.07, 6.45) is -2.31. The average molecular weight is 322 g/mol. The predicted octanol–water partition coefficient (Wildman–Crippen LogP) is 2.08. The number of nitrogens with two attached hydrogens (primary N) is 1. The Morgan fingerprint density at radius 2 is 2.07 bits per heavy atom. The maximum atomic E-state index is 12.4. The smallest absolute Gasteiger partial charge is 0.247 e. The minimum atomic E-state index is -4.31. The molecular weight excluding hydrogens is 317 g/mol. The molecule has 1 aromatic rings. The van der Waals surface area contributed by atoms with Crippen molar-refractivity contribution in [3.8, 4) is 0 Å². The molecule has 0 amide bonds. The standard InChI is InChI=1S/C6H4BrClF2N2O2S/c7-5-3(8)4(15(11,13)14)2(1-12-5)6(9)10/h1,6H,(H2,11,13,14). The van der Waals surface area contributed by atoms with Gasteiger partial charge in [-0.1, -0.05) is 11.6 Å². The van der Waals surface area contributed by atoms with E-state index in [1.807, 2.05) is 0 Å². The lowest BCUT2D eigenvalue weighted by Crippen LogP contribution is -2.16. The van der Waals surface area contributed by atoms with Crippen molar-refractivity contribution < 1.29 is 17.2 Å². The summed E-state index contributed by atoms with van der Waals surface area (Å²) in [6, 6.07) is 0. The van der Waals surface area contributed by atoms with Gasteiger partial charge in [0.15, 0.2) is 0 Å². The number of primary sulfonamides is 1. The van der Waals surface area contributed by atoms with Crippen LogP contribution in [0.2, 0.25) is 5.02 Å². The number of hydrogen-bond acceptors (Lipinski definition) is 3. The van der Waals surface area contributed by atoms with Gasteiger partial charge in [0.25, 0.3) is 6.43 Å². The van der Waals surface area contributed by atoms with E-state index < -0.39 is 31.9 Å². The Bertz CT molecular complexity index is 494. The summed E-state index contributed by atoms with van der Waals surface area (Å²) in [5, 5.41) is 4.32. The summed E-state index contributed by atoms with van der Waals surface area (Å²) < 4.78 is 46.9. The molecule has 2 N–H and O–H groups in total. The van der Waals surface area contributed by atoms with Crippen LogP contribution in [0, 0.1) is 0 Å². The molecule has 1 rings (SSSR count). The number of hydrogen-bond donors (Lipinski definition) is 1. The zero-order chi connectivity index (χ0) is 11.8. The summed E-state index contributed by atoms with van der Waals surface area (Å²) in [6.45, 7) is 0. The molecule has 1 aromatic heterocycles. The van der Waals surface area contributed by atoms with Crippen LogP contribution in [-0.2, 0) is 10.0 Å². The van der Waals surface area contributed by atoms with Gasteiger partial charge in [-0.15, -0.1) is 0 Å². The molecule has 0 atom stereocenters. The number of halogens is 4. The van der Waals surface area contributed by atoms with Crippen molar-refractivity contribution in [3.05, 3.63) is 21.4 Å². The minimum Gasteiger partial charge on any atom is -0.247 e. The van der Waals surface area contributed by atoms with Gasteiger partial charge in [0.2, 0.25) is 10.0 Å². The van der Waals surface area contributed by atoms with E-state index in [4.69, 9.17) is 16.7 Å². The molecule has 0 bridgehead atoms. The van der Waals surface area contributed by atoms with Gasteiger partial charge in [-0.2, -0.15) is 0 Å². The molecule has 1 heterocycles. The summed E-state index contributed by atoms with van der Waals surface area (Å²) in [7, 11) is -4.31. The molecule has 0 unspecified atom stereocenters. The third kappa shape index (κ3) is 2.63. The van der Waals surface area contributed by atoms with Crippen molar-refractivity contribution in [2.75, 3.05) is 0 Å². The first kappa shape index (κ1) is 12.8. The fraction of sp³-hybridized carbons (Fsp3) is 0.167. The van der Waals surface area contributed by atoms with Crippen molar-refractivity contribution in [2.24, 2.45) is 5.14 Å². The molecule has 0 saturated carbocycles. The van der Waals surface area contributed by atoms with E-state index in [0.29, 0.717) is 6.20 Å². The molecule has 15 heavy (non-hydrogen) atoms. The number of rotatable bonds is 2. The van der Waals surface area contributed by atoms with Crippen LogP contribution in [0.15, 0.2) is 15.7 Å². The normalized spacial score (nSPS) is 12.1. The molecule has 9 heteroatoms. The zero-order valence-electron chi connectivity index (χ0n) is 6.92. The first-order valence-electron chi connectivity index (χ1n) is 3.40. The Morgan fingerprint density at radius 3 is 2.47 bits per heavy atom. The zero-order valence-corrected chi connectivity index (χ0v) is 10.1. The third-order valence-corrected chi connectivity index (χ3v) is 3.80. The van der Waals surface area contributed by atoms with Gasteiger partial charge in [0.1, 0.15) is 9.50 Å². The van der Waals surface area contributed by atoms with Crippen LogP contribution in [0.3, 0.4) is 0 Å².